The number of rotatable bonds is 17. The third-order valence-electron chi connectivity index (χ3n) is 5.73. The van der Waals surface area contributed by atoms with Gasteiger partial charge in [0, 0.05) is 18.0 Å². The minimum Gasteiger partial charge on any atom is -0.433 e. The van der Waals surface area contributed by atoms with Crippen LogP contribution in [0.15, 0.2) is 36.7 Å². The molecule has 0 spiro atoms. The van der Waals surface area contributed by atoms with Gasteiger partial charge in [0.25, 0.3) is 0 Å². The summed E-state index contributed by atoms with van der Waals surface area (Å²) in [6.45, 7) is 4.37. The van der Waals surface area contributed by atoms with Crippen molar-refractivity contribution in [1.82, 2.24) is 9.97 Å². The summed E-state index contributed by atoms with van der Waals surface area (Å²) in [5, 5.41) is 0. The number of benzene rings is 1. The summed E-state index contributed by atoms with van der Waals surface area (Å²) in [5.41, 5.74) is 1.93. The number of alkyl halides is 2. The van der Waals surface area contributed by atoms with Gasteiger partial charge in [0.05, 0.1) is 6.42 Å². The molecule has 3 nitrogen and oxygen atoms in total. The van der Waals surface area contributed by atoms with Crippen molar-refractivity contribution in [2.45, 2.75) is 110 Å². The molecule has 2 aromatic rings. The lowest BCUT2D eigenvalue weighted by Gasteiger charge is -2.18. The van der Waals surface area contributed by atoms with Gasteiger partial charge in [-0.25, -0.2) is 9.97 Å². The molecule has 0 aliphatic rings. The summed E-state index contributed by atoms with van der Waals surface area (Å²) in [6.07, 6.45) is 14.7. The van der Waals surface area contributed by atoms with Crippen molar-refractivity contribution in [3.63, 3.8) is 0 Å². The molecule has 0 amide bonds. The molecule has 1 aromatic carbocycles. The standard InChI is InChI=1S/C27H40F2N2O/c1-3-5-7-9-11-13-15-23-21-30-26(31-22-23)24-16-18-25(19-17-24)32-27(28,29)20-14-12-10-8-6-4-2/h16-19,21-22H,3-15,20H2,1-2H3. The number of unbranched alkanes of at least 4 members (excludes halogenated alkanes) is 10. The molecule has 0 bridgehead atoms. The topological polar surface area (TPSA) is 35.0 Å². The molecule has 0 saturated carbocycles. The zero-order chi connectivity index (χ0) is 23.1. The molecule has 0 saturated heterocycles. The van der Waals surface area contributed by atoms with E-state index in [4.69, 9.17) is 4.74 Å². The normalized spacial score (nSPS) is 11.6. The quantitative estimate of drug-likeness (QED) is 0.228. The van der Waals surface area contributed by atoms with Gasteiger partial charge in [-0.15, -0.1) is 0 Å². The molecule has 1 aromatic heterocycles. The lowest BCUT2D eigenvalue weighted by Crippen LogP contribution is -2.24. The Balaban J connectivity index is 1.76. The molecule has 0 aliphatic carbocycles. The van der Waals surface area contributed by atoms with Crippen LogP contribution >= 0.6 is 0 Å². The van der Waals surface area contributed by atoms with E-state index >= 15 is 0 Å². The van der Waals surface area contributed by atoms with Crippen molar-refractivity contribution >= 4 is 0 Å². The summed E-state index contributed by atoms with van der Waals surface area (Å²) in [5.74, 6) is 0.770. The highest BCUT2D eigenvalue weighted by atomic mass is 19.3. The summed E-state index contributed by atoms with van der Waals surface area (Å²) >= 11 is 0. The lowest BCUT2D eigenvalue weighted by molar-refractivity contribution is -0.181. The maximum atomic E-state index is 14.1. The fourth-order valence-electron chi connectivity index (χ4n) is 3.75. The fourth-order valence-corrected chi connectivity index (χ4v) is 3.75. The Morgan fingerprint density at radius 3 is 1.84 bits per heavy atom. The minimum absolute atomic E-state index is 0.171. The minimum atomic E-state index is -3.14. The van der Waals surface area contributed by atoms with Gasteiger partial charge in [0.15, 0.2) is 5.82 Å². The Hall–Kier alpha value is -2.04. The second-order valence-electron chi connectivity index (χ2n) is 8.71. The van der Waals surface area contributed by atoms with Crippen LogP contribution in [0.5, 0.6) is 5.75 Å². The van der Waals surface area contributed by atoms with E-state index in [1.165, 1.54) is 38.5 Å². The number of hydrogen-bond donors (Lipinski definition) is 0. The highest BCUT2D eigenvalue weighted by Gasteiger charge is 2.30. The van der Waals surface area contributed by atoms with Crippen LogP contribution < -0.4 is 4.74 Å². The first-order valence-electron chi connectivity index (χ1n) is 12.5. The van der Waals surface area contributed by atoms with E-state index in [1.54, 1.807) is 24.3 Å². The van der Waals surface area contributed by atoms with E-state index in [1.807, 2.05) is 12.4 Å². The Morgan fingerprint density at radius 2 is 1.25 bits per heavy atom. The van der Waals surface area contributed by atoms with E-state index in [0.717, 1.165) is 49.7 Å². The summed E-state index contributed by atoms with van der Waals surface area (Å²) in [6, 6.07) is 6.61. The first-order valence-corrected chi connectivity index (χ1v) is 12.5. The average Bonchev–Trinajstić information content (AvgIpc) is 2.79. The van der Waals surface area contributed by atoms with Crippen molar-refractivity contribution in [1.29, 1.82) is 0 Å². The molecular weight excluding hydrogens is 406 g/mol. The Morgan fingerprint density at radius 1 is 0.719 bits per heavy atom. The van der Waals surface area contributed by atoms with Gasteiger partial charge in [0.2, 0.25) is 0 Å². The highest BCUT2D eigenvalue weighted by molar-refractivity contribution is 5.55. The first kappa shape index (κ1) is 26.2. The van der Waals surface area contributed by atoms with Crippen molar-refractivity contribution in [2.75, 3.05) is 0 Å². The third kappa shape index (κ3) is 10.5. The maximum absolute atomic E-state index is 14.1. The molecule has 0 fully saturated rings. The number of nitrogens with zero attached hydrogens (tertiary/aromatic N) is 2. The van der Waals surface area contributed by atoms with Crippen molar-refractivity contribution in [3.05, 3.63) is 42.2 Å². The number of halogens is 2. The van der Waals surface area contributed by atoms with Crippen molar-refractivity contribution < 1.29 is 13.5 Å². The number of aromatic nitrogens is 2. The van der Waals surface area contributed by atoms with Crippen molar-refractivity contribution in [2.24, 2.45) is 0 Å². The second kappa shape index (κ2) is 14.9. The monoisotopic (exact) mass is 446 g/mol. The predicted molar refractivity (Wildman–Crippen MR) is 128 cm³/mol. The van der Waals surface area contributed by atoms with Gasteiger partial charge in [-0.2, -0.15) is 8.78 Å². The van der Waals surface area contributed by atoms with Gasteiger partial charge in [-0.05, 0) is 49.1 Å². The fraction of sp³-hybridized carbons (Fsp3) is 0.630. The Labute approximate surface area is 193 Å². The number of aryl methyl sites for hydroxylation is 1. The summed E-state index contributed by atoms with van der Waals surface area (Å²) in [4.78, 5) is 8.91. The molecule has 2 rings (SSSR count). The molecule has 0 N–H and O–H groups in total. The SMILES string of the molecule is CCCCCCCCc1cnc(-c2ccc(OC(F)(F)CCCCCCCC)cc2)nc1. The number of hydrogen-bond acceptors (Lipinski definition) is 3. The second-order valence-corrected chi connectivity index (χ2v) is 8.71. The van der Waals surface area contributed by atoms with Crippen LogP contribution in [0.1, 0.15) is 103 Å². The molecular formula is C27H40F2N2O. The van der Waals surface area contributed by atoms with E-state index < -0.39 is 6.11 Å². The Bertz CT molecular complexity index is 732. The maximum Gasteiger partial charge on any atom is 0.397 e. The average molecular weight is 447 g/mol. The third-order valence-corrected chi connectivity index (χ3v) is 5.73. The molecule has 5 heteroatoms. The molecule has 0 aliphatic heterocycles. The molecule has 178 valence electrons. The zero-order valence-electron chi connectivity index (χ0n) is 19.9. The van der Waals surface area contributed by atoms with Crippen LogP contribution in [-0.4, -0.2) is 16.1 Å². The summed E-state index contributed by atoms with van der Waals surface area (Å²) in [7, 11) is 0. The first-order chi connectivity index (χ1) is 15.5. The van der Waals surface area contributed by atoms with Gasteiger partial charge >= 0.3 is 6.11 Å². The molecule has 0 unspecified atom stereocenters. The van der Waals surface area contributed by atoms with Gasteiger partial charge in [-0.1, -0.05) is 78.1 Å². The van der Waals surface area contributed by atoms with Crippen LogP contribution in [-0.2, 0) is 6.42 Å². The van der Waals surface area contributed by atoms with Crippen LogP contribution in [0.2, 0.25) is 0 Å². The predicted octanol–water partition coefficient (Wildman–Crippen LogP) is 8.77. The summed E-state index contributed by atoms with van der Waals surface area (Å²) < 4.78 is 33.1. The van der Waals surface area contributed by atoms with Gasteiger partial charge in [-0.3, -0.25) is 0 Å². The smallest absolute Gasteiger partial charge is 0.397 e. The number of ether oxygens (including phenoxy) is 1. The Kier molecular flexibility index (Phi) is 12.2. The van der Waals surface area contributed by atoms with E-state index in [9.17, 15) is 8.78 Å². The van der Waals surface area contributed by atoms with Crippen LogP contribution in [0.25, 0.3) is 11.4 Å². The van der Waals surface area contributed by atoms with Crippen molar-refractivity contribution in [3.8, 4) is 17.1 Å². The van der Waals surface area contributed by atoms with Crippen LogP contribution in [0.3, 0.4) is 0 Å². The van der Waals surface area contributed by atoms with E-state index in [2.05, 4.69) is 23.8 Å². The zero-order valence-corrected chi connectivity index (χ0v) is 19.9. The molecule has 1 heterocycles. The van der Waals surface area contributed by atoms with Gasteiger partial charge < -0.3 is 4.74 Å². The largest absolute Gasteiger partial charge is 0.433 e. The highest BCUT2D eigenvalue weighted by Crippen LogP contribution is 2.28. The molecule has 0 atom stereocenters. The van der Waals surface area contributed by atoms with Crippen LogP contribution in [0, 0.1) is 0 Å². The molecule has 0 radical (unpaired) electrons. The lowest BCUT2D eigenvalue weighted by atomic mass is 10.1. The molecule has 32 heavy (non-hydrogen) atoms. The van der Waals surface area contributed by atoms with Gasteiger partial charge in [0.1, 0.15) is 5.75 Å². The van der Waals surface area contributed by atoms with E-state index in [0.29, 0.717) is 12.2 Å². The van der Waals surface area contributed by atoms with E-state index in [-0.39, 0.29) is 12.2 Å². The van der Waals surface area contributed by atoms with Crippen LogP contribution in [0.4, 0.5) is 8.78 Å².